The molecule has 128 valence electrons. The van der Waals surface area contributed by atoms with Crippen molar-refractivity contribution in [3.05, 3.63) is 47.5 Å². The van der Waals surface area contributed by atoms with E-state index in [4.69, 9.17) is 0 Å². The molecule has 2 rings (SSSR count). The van der Waals surface area contributed by atoms with Crippen LogP contribution in [0.4, 0.5) is 0 Å². The summed E-state index contributed by atoms with van der Waals surface area (Å²) in [5, 5.41) is 3.21. The molecule has 0 nitrogen and oxygen atoms in total. The third-order valence-electron chi connectivity index (χ3n) is 3.68. The Balaban J connectivity index is -0.000000308. The molecule has 0 fully saturated rings. The molecule has 0 bridgehead atoms. The number of halogens is 2. The van der Waals surface area contributed by atoms with Crippen LogP contribution in [0.25, 0.3) is 0 Å². The Morgan fingerprint density at radius 2 is 0.913 bits per heavy atom. The van der Waals surface area contributed by atoms with E-state index >= 15 is 0 Å². The first-order valence-electron chi connectivity index (χ1n) is 7.49. The van der Waals surface area contributed by atoms with Gasteiger partial charge in [0.05, 0.1) is 16.1 Å². The molecule has 5 heteroatoms. The predicted molar refractivity (Wildman–Crippen MR) is 99.5 cm³/mol. The van der Waals surface area contributed by atoms with Crippen molar-refractivity contribution in [2.24, 2.45) is 0 Å². The van der Waals surface area contributed by atoms with Crippen LogP contribution in [-0.4, -0.2) is 16.1 Å². The molecule has 0 saturated carbocycles. The van der Waals surface area contributed by atoms with Gasteiger partial charge in [0.25, 0.3) is 0 Å². The summed E-state index contributed by atoms with van der Waals surface area (Å²) < 4.78 is 0. The quantitative estimate of drug-likeness (QED) is 0.336. The summed E-state index contributed by atoms with van der Waals surface area (Å²) in [7, 11) is -2.05. The van der Waals surface area contributed by atoms with Crippen molar-refractivity contribution in [3.8, 4) is 0 Å². The number of rotatable bonds is 2. The van der Waals surface area contributed by atoms with E-state index in [2.05, 4.69) is 89.5 Å². The Bertz CT molecular complexity index is 496. The van der Waals surface area contributed by atoms with Crippen molar-refractivity contribution < 1.29 is 35.3 Å². The molecule has 2 aromatic rings. The molecule has 0 aromatic heterocycles. The number of aryl methyl sites for hydroxylation is 2. The predicted octanol–water partition coefficient (Wildman–Crippen LogP) is -1.48. The minimum atomic E-state index is -1.03. The molecule has 0 spiro atoms. The van der Waals surface area contributed by atoms with E-state index in [-0.39, 0.29) is 35.3 Å². The van der Waals surface area contributed by atoms with Gasteiger partial charge in [0.1, 0.15) is 0 Å². The first-order valence-corrected chi connectivity index (χ1v) is 14.5. The first kappa shape index (κ1) is 27.7. The Morgan fingerprint density at radius 3 is 1.00 bits per heavy atom. The van der Waals surface area contributed by atoms with Gasteiger partial charge in [-0.25, -0.2) is 24.3 Å². The van der Waals surface area contributed by atoms with E-state index in [9.17, 15) is 0 Å². The van der Waals surface area contributed by atoms with Gasteiger partial charge in [-0.3, -0.25) is 0 Å². The Morgan fingerprint density at radius 1 is 0.652 bits per heavy atom. The molecule has 0 N–H and O–H groups in total. The second-order valence-electron chi connectivity index (χ2n) is 7.74. The normalized spacial score (nSPS) is 10.4. The average molecular weight is 519 g/mol. The molecule has 0 aliphatic heterocycles. The van der Waals surface area contributed by atoms with Gasteiger partial charge in [-0.2, -0.15) is 33.6 Å². The maximum Gasteiger partial charge on any atom is 4.00 e. The summed E-state index contributed by atoms with van der Waals surface area (Å²) in [4.78, 5) is 0. The Labute approximate surface area is 162 Å². The van der Waals surface area contributed by atoms with Crippen LogP contribution < -0.4 is 19.8 Å². The molecule has 23 heavy (non-hydrogen) atoms. The van der Waals surface area contributed by atoms with Crippen molar-refractivity contribution in [3.63, 3.8) is 0 Å². The van der Waals surface area contributed by atoms with Gasteiger partial charge in [0, 0.05) is 0 Å². The zero-order chi connectivity index (χ0) is 15.6. The molecule has 0 radical (unpaired) electrons. The topological polar surface area (TPSA) is 0 Å². The SMILES string of the molecule is C[c-]1cccc1[Si](C)(C)C.C[c-]1cccc1[Si](C)(C)C.[F-].[F-].[Hf+4]. The minimum absolute atomic E-state index is 0. The van der Waals surface area contributed by atoms with Crippen LogP contribution in [0.2, 0.25) is 39.3 Å². The van der Waals surface area contributed by atoms with Crippen molar-refractivity contribution in [1.29, 1.82) is 0 Å². The van der Waals surface area contributed by atoms with Gasteiger partial charge < -0.3 is 9.41 Å². The van der Waals surface area contributed by atoms with E-state index in [1.165, 1.54) is 11.1 Å². The average Bonchev–Trinajstić information content (AvgIpc) is 2.85. The molecular formula is C18H30F2HfSi2. The van der Waals surface area contributed by atoms with Gasteiger partial charge >= 0.3 is 25.8 Å². The molecule has 0 aliphatic carbocycles. The molecule has 2 aromatic carbocycles. The second-order valence-corrected chi connectivity index (χ2v) is 17.8. The molecule has 0 saturated heterocycles. The summed E-state index contributed by atoms with van der Waals surface area (Å²) in [5.41, 5.74) is 2.94. The maximum absolute atomic E-state index is 2.38. The molecule has 0 heterocycles. The Kier molecular flexibility index (Phi) is 12.9. The zero-order valence-electron chi connectivity index (χ0n) is 15.7. The smallest absolute Gasteiger partial charge is 1.00 e. The minimum Gasteiger partial charge on any atom is -1.00 e. The molecule has 0 unspecified atom stereocenters. The summed E-state index contributed by atoms with van der Waals surface area (Å²) in [6, 6.07) is 13.2. The van der Waals surface area contributed by atoms with Crippen LogP contribution in [-0.2, 0) is 25.8 Å². The molecule has 0 atom stereocenters. The fraction of sp³-hybridized carbons (Fsp3) is 0.444. The third kappa shape index (κ3) is 8.50. The molecular weight excluding hydrogens is 489 g/mol. The van der Waals surface area contributed by atoms with Crippen molar-refractivity contribution in [2.75, 3.05) is 0 Å². The molecule has 0 amide bonds. The van der Waals surface area contributed by atoms with Crippen molar-refractivity contribution in [1.82, 2.24) is 0 Å². The van der Waals surface area contributed by atoms with Crippen LogP contribution in [0, 0.1) is 13.8 Å². The van der Waals surface area contributed by atoms with Gasteiger partial charge in [0.15, 0.2) is 0 Å². The van der Waals surface area contributed by atoms with Gasteiger partial charge in [-0.15, -0.1) is 0 Å². The zero-order valence-corrected chi connectivity index (χ0v) is 21.3. The van der Waals surface area contributed by atoms with E-state index in [1.54, 1.807) is 10.4 Å². The van der Waals surface area contributed by atoms with Crippen molar-refractivity contribution >= 4 is 26.5 Å². The number of hydrogen-bond donors (Lipinski definition) is 0. The first-order chi connectivity index (χ1) is 9.03. The van der Waals surface area contributed by atoms with Gasteiger partial charge in [-0.05, 0) is 0 Å². The van der Waals surface area contributed by atoms with Crippen molar-refractivity contribution in [2.45, 2.75) is 53.1 Å². The maximum atomic E-state index is 2.38. The van der Waals surface area contributed by atoms with E-state index in [0.717, 1.165) is 0 Å². The van der Waals surface area contributed by atoms with E-state index in [0.29, 0.717) is 0 Å². The van der Waals surface area contributed by atoms with Gasteiger partial charge in [0.2, 0.25) is 0 Å². The standard InChI is InChI=1S/2C9H15Si.2FH.Hf/c2*1-8-6-5-7-9(8)10(2,3)4;;;/h2*5-7H,1-4H3;2*1H;/q2*-1;;;+4/p-2. The summed E-state index contributed by atoms with van der Waals surface area (Å²) in [5.74, 6) is 0. The summed E-state index contributed by atoms with van der Waals surface area (Å²) >= 11 is 0. The summed E-state index contributed by atoms with van der Waals surface area (Å²) in [6.07, 6.45) is 0. The second kappa shape index (κ2) is 10.7. The van der Waals surface area contributed by atoms with E-state index in [1.807, 2.05) is 0 Å². The van der Waals surface area contributed by atoms with Crippen LogP contribution in [0.3, 0.4) is 0 Å². The van der Waals surface area contributed by atoms with Gasteiger partial charge in [-0.1, -0.05) is 53.1 Å². The number of hydrogen-bond acceptors (Lipinski definition) is 0. The van der Waals surface area contributed by atoms with Crippen LogP contribution >= 0.6 is 0 Å². The van der Waals surface area contributed by atoms with E-state index < -0.39 is 16.1 Å². The summed E-state index contributed by atoms with van der Waals surface area (Å²) in [6.45, 7) is 18.7. The molecule has 0 aliphatic rings. The van der Waals surface area contributed by atoms with Crippen LogP contribution in [0.15, 0.2) is 36.4 Å². The van der Waals surface area contributed by atoms with Crippen LogP contribution in [0.1, 0.15) is 11.1 Å². The van der Waals surface area contributed by atoms with Crippen LogP contribution in [0.5, 0.6) is 0 Å². The fourth-order valence-electron chi connectivity index (χ4n) is 2.70. The largest absolute Gasteiger partial charge is 4.00 e. The third-order valence-corrected chi connectivity index (χ3v) is 8.04. The fourth-order valence-corrected chi connectivity index (χ4v) is 6.43. The monoisotopic (exact) mass is 520 g/mol. The Hall–Kier alpha value is -0.136.